The van der Waals surface area contributed by atoms with Crippen molar-refractivity contribution < 1.29 is 9.53 Å². The Morgan fingerprint density at radius 2 is 1.96 bits per heavy atom. The highest BCUT2D eigenvalue weighted by Gasteiger charge is 2.23. The van der Waals surface area contributed by atoms with Gasteiger partial charge in [-0.25, -0.2) is 0 Å². The van der Waals surface area contributed by atoms with Crippen LogP contribution in [0.3, 0.4) is 0 Å². The normalized spacial score (nSPS) is 13.9. The van der Waals surface area contributed by atoms with Crippen molar-refractivity contribution in [3.63, 3.8) is 0 Å². The molecule has 140 valence electrons. The van der Waals surface area contributed by atoms with Crippen LogP contribution < -0.4 is 4.74 Å². The van der Waals surface area contributed by atoms with E-state index in [-0.39, 0.29) is 5.91 Å². The van der Waals surface area contributed by atoms with Crippen molar-refractivity contribution in [2.45, 2.75) is 33.0 Å². The second kappa shape index (κ2) is 7.26. The lowest BCUT2D eigenvalue weighted by atomic mass is 10.1. The van der Waals surface area contributed by atoms with Crippen LogP contribution >= 0.6 is 0 Å². The van der Waals surface area contributed by atoms with Crippen LogP contribution in [-0.4, -0.2) is 44.0 Å². The predicted molar refractivity (Wildman–Crippen MR) is 101 cm³/mol. The number of benzene rings is 1. The zero-order chi connectivity index (χ0) is 18.8. The lowest BCUT2D eigenvalue weighted by Gasteiger charge is -2.18. The Hall–Kier alpha value is -3.09. The van der Waals surface area contributed by atoms with E-state index < -0.39 is 0 Å². The predicted octanol–water partition coefficient (Wildman–Crippen LogP) is 2.82. The van der Waals surface area contributed by atoms with Gasteiger partial charge in [0.15, 0.2) is 0 Å². The van der Waals surface area contributed by atoms with Gasteiger partial charge in [-0.15, -0.1) is 0 Å². The number of fused-ring (bicyclic) bond motifs is 1. The first-order valence-electron chi connectivity index (χ1n) is 9.22. The number of carbonyl (C=O) groups excluding carboxylic acids is 1. The summed E-state index contributed by atoms with van der Waals surface area (Å²) in [6, 6.07) is 11.7. The number of amides is 1. The molecule has 27 heavy (non-hydrogen) atoms. The molecule has 1 aliphatic rings. The number of carbonyl (C=O) groups is 1. The fraction of sp³-hybridized carbons (Fsp3) is 0.350. The highest BCUT2D eigenvalue weighted by molar-refractivity contribution is 5.92. The SMILES string of the molecule is CCn1ccc(C(=O)N2CCCn3nc(-c4ccc(OC)cc4)cc3C2)n1. The molecule has 1 aromatic carbocycles. The number of hydrogen-bond acceptors (Lipinski definition) is 4. The molecule has 3 heterocycles. The minimum Gasteiger partial charge on any atom is -0.497 e. The number of nitrogens with zero attached hydrogens (tertiary/aromatic N) is 5. The van der Waals surface area contributed by atoms with Crippen LogP contribution in [0.15, 0.2) is 42.6 Å². The smallest absolute Gasteiger partial charge is 0.274 e. The van der Waals surface area contributed by atoms with Gasteiger partial charge in [0, 0.05) is 31.4 Å². The van der Waals surface area contributed by atoms with Crippen LogP contribution in [0.25, 0.3) is 11.3 Å². The van der Waals surface area contributed by atoms with Crippen LogP contribution in [0.2, 0.25) is 0 Å². The first-order chi connectivity index (χ1) is 13.2. The van der Waals surface area contributed by atoms with E-state index in [2.05, 4.69) is 11.2 Å². The van der Waals surface area contributed by atoms with Gasteiger partial charge in [0.05, 0.1) is 25.0 Å². The van der Waals surface area contributed by atoms with Crippen molar-refractivity contribution >= 4 is 5.91 Å². The molecule has 0 unspecified atom stereocenters. The maximum atomic E-state index is 12.8. The first-order valence-corrected chi connectivity index (χ1v) is 9.22. The summed E-state index contributed by atoms with van der Waals surface area (Å²) in [5.74, 6) is 0.797. The molecule has 0 aliphatic carbocycles. The van der Waals surface area contributed by atoms with E-state index in [1.165, 1.54) is 0 Å². The van der Waals surface area contributed by atoms with E-state index in [4.69, 9.17) is 9.84 Å². The molecule has 2 aromatic heterocycles. The maximum Gasteiger partial charge on any atom is 0.274 e. The van der Waals surface area contributed by atoms with Crippen LogP contribution in [0.4, 0.5) is 0 Å². The van der Waals surface area contributed by atoms with E-state index in [0.29, 0.717) is 18.8 Å². The summed E-state index contributed by atoms with van der Waals surface area (Å²) < 4.78 is 9.00. The van der Waals surface area contributed by atoms with E-state index in [1.54, 1.807) is 17.9 Å². The molecule has 0 spiro atoms. The molecule has 0 bridgehead atoms. The highest BCUT2D eigenvalue weighted by Crippen LogP contribution is 2.24. The Morgan fingerprint density at radius 3 is 2.67 bits per heavy atom. The molecule has 4 rings (SSSR count). The van der Waals surface area contributed by atoms with Gasteiger partial charge in [-0.2, -0.15) is 10.2 Å². The molecule has 1 amide bonds. The van der Waals surface area contributed by atoms with Crippen molar-refractivity contribution in [2.24, 2.45) is 0 Å². The second-order valence-electron chi connectivity index (χ2n) is 6.61. The van der Waals surface area contributed by atoms with Gasteiger partial charge >= 0.3 is 0 Å². The number of methoxy groups -OCH3 is 1. The Morgan fingerprint density at radius 1 is 1.15 bits per heavy atom. The fourth-order valence-corrected chi connectivity index (χ4v) is 3.35. The van der Waals surface area contributed by atoms with Gasteiger partial charge in [-0.3, -0.25) is 14.2 Å². The molecule has 0 saturated carbocycles. The lowest BCUT2D eigenvalue weighted by Crippen LogP contribution is -2.31. The zero-order valence-corrected chi connectivity index (χ0v) is 15.6. The molecule has 1 aliphatic heterocycles. The van der Waals surface area contributed by atoms with Crippen LogP contribution in [0.1, 0.15) is 29.5 Å². The number of ether oxygens (including phenoxy) is 1. The minimum atomic E-state index is -0.0251. The molecule has 7 heteroatoms. The molecule has 0 atom stereocenters. The Kier molecular flexibility index (Phi) is 4.66. The monoisotopic (exact) mass is 365 g/mol. The van der Waals surface area contributed by atoms with Crippen molar-refractivity contribution in [1.29, 1.82) is 0 Å². The average Bonchev–Trinajstić information content (AvgIpc) is 3.30. The van der Waals surface area contributed by atoms with Crippen LogP contribution in [0, 0.1) is 0 Å². The van der Waals surface area contributed by atoms with Crippen molar-refractivity contribution in [3.05, 3.63) is 54.0 Å². The summed E-state index contributed by atoms with van der Waals surface area (Å²) in [5, 5.41) is 9.09. The topological polar surface area (TPSA) is 65.2 Å². The summed E-state index contributed by atoms with van der Waals surface area (Å²) in [6.45, 7) is 4.82. The second-order valence-corrected chi connectivity index (χ2v) is 6.61. The van der Waals surface area contributed by atoms with Gasteiger partial charge in [0.2, 0.25) is 0 Å². The number of aryl methyl sites for hydroxylation is 2. The fourth-order valence-electron chi connectivity index (χ4n) is 3.35. The summed E-state index contributed by atoms with van der Waals surface area (Å²) >= 11 is 0. The van der Waals surface area contributed by atoms with E-state index in [1.807, 2.05) is 47.0 Å². The molecule has 7 nitrogen and oxygen atoms in total. The molecular weight excluding hydrogens is 342 g/mol. The quantitative estimate of drug-likeness (QED) is 0.713. The molecule has 0 N–H and O–H groups in total. The molecule has 0 saturated heterocycles. The van der Waals surface area contributed by atoms with E-state index in [0.717, 1.165) is 42.2 Å². The molecule has 0 radical (unpaired) electrons. The summed E-state index contributed by atoms with van der Waals surface area (Å²) in [7, 11) is 1.66. The lowest BCUT2D eigenvalue weighted by molar-refractivity contribution is 0.0739. The maximum absolute atomic E-state index is 12.8. The van der Waals surface area contributed by atoms with E-state index in [9.17, 15) is 4.79 Å². The minimum absolute atomic E-state index is 0.0251. The average molecular weight is 365 g/mol. The standard InChI is InChI=1S/C20H23N5O2/c1-3-24-12-9-18(21-24)20(26)23-10-4-11-25-16(14-23)13-19(22-25)15-5-7-17(27-2)8-6-15/h5-9,12-13H,3-4,10-11,14H2,1-2H3. The van der Waals surface area contributed by atoms with Crippen molar-refractivity contribution in [1.82, 2.24) is 24.5 Å². The Balaban J connectivity index is 1.56. The van der Waals surface area contributed by atoms with Crippen molar-refractivity contribution in [3.8, 4) is 17.0 Å². The largest absolute Gasteiger partial charge is 0.497 e. The third-order valence-electron chi connectivity index (χ3n) is 4.87. The van der Waals surface area contributed by atoms with Crippen LogP contribution in [0.5, 0.6) is 5.75 Å². The van der Waals surface area contributed by atoms with Gasteiger partial charge in [-0.05, 0) is 49.7 Å². The molecule has 3 aromatic rings. The number of rotatable bonds is 4. The summed E-state index contributed by atoms with van der Waals surface area (Å²) in [4.78, 5) is 14.7. The van der Waals surface area contributed by atoms with Crippen molar-refractivity contribution in [2.75, 3.05) is 13.7 Å². The van der Waals surface area contributed by atoms with Gasteiger partial charge < -0.3 is 9.64 Å². The highest BCUT2D eigenvalue weighted by atomic mass is 16.5. The third kappa shape index (κ3) is 3.45. The van der Waals surface area contributed by atoms with Gasteiger partial charge in [-0.1, -0.05) is 0 Å². The Labute approximate surface area is 158 Å². The molecular formula is C20H23N5O2. The molecule has 0 fully saturated rings. The third-order valence-corrected chi connectivity index (χ3v) is 4.87. The van der Waals surface area contributed by atoms with Gasteiger partial charge in [0.1, 0.15) is 11.4 Å². The first kappa shape index (κ1) is 17.3. The van der Waals surface area contributed by atoms with Crippen LogP contribution in [-0.2, 0) is 19.6 Å². The summed E-state index contributed by atoms with van der Waals surface area (Å²) in [6.07, 6.45) is 2.72. The van der Waals surface area contributed by atoms with Gasteiger partial charge in [0.25, 0.3) is 5.91 Å². The van der Waals surface area contributed by atoms with E-state index >= 15 is 0 Å². The number of aromatic nitrogens is 4. The zero-order valence-electron chi connectivity index (χ0n) is 15.6. The number of hydrogen-bond donors (Lipinski definition) is 0. The Bertz CT molecular complexity index is 942. The summed E-state index contributed by atoms with van der Waals surface area (Å²) in [5.41, 5.74) is 3.50.